The highest BCUT2D eigenvalue weighted by molar-refractivity contribution is 9.10. The molecule has 1 N–H and O–H groups in total. The third kappa shape index (κ3) is 3.72. The lowest BCUT2D eigenvalue weighted by Gasteiger charge is -2.20. The summed E-state index contributed by atoms with van der Waals surface area (Å²) < 4.78 is 3.32. The van der Waals surface area contributed by atoms with Gasteiger partial charge in [-0.3, -0.25) is 4.57 Å². The van der Waals surface area contributed by atoms with Crippen molar-refractivity contribution < 1.29 is 0 Å². The summed E-state index contributed by atoms with van der Waals surface area (Å²) in [4.78, 5) is 4.76. The Morgan fingerprint density at radius 2 is 1.55 bits per heavy atom. The smallest absolute Gasteiger partial charge is 0.137 e. The topological polar surface area (TPSA) is 29.9 Å². The van der Waals surface area contributed by atoms with Crippen molar-refractivity contribution in [2.45, 2.75) is 26.2 Å². The first-order chi connectivity index (χ1) is 14.9. The summed E-state index contributed by atoms with van der Waals surface area (Å²) in [5.41, 5.74) is 5.72. The van der Waals surface area contributed by atoms with Crippen molar-refractivity contribution in [3.8, 4) is 5.82 Å². The maximum Gasteiger partial charge on any atom is 0.137 e. The van der Waals surface area contributed by atoms with Crippen molar-refractivity contribution in [1.82, 2.24) is 9.55 Å². The monoisotopic (exact) mass is 469 g/mol. The van der Waals surface area contributed by atoms with Crippen LogP contribution in [0.2, 0.25) is 0 Å². The fraction of sp³-hybridized carbons (Fsp3) is 0.148. The summed E-state index contributed by atoms with van der Waals surface area (Å²) in [5, 5.41) is 5.98. The molecule has 0 radical (unpaired) electrons. The lowest BCUT2D eigenvalue weighted by Crippen LogP contribution is -2.12. The van der Waals surface area contributed by atoms with Gasteiger partial charge in [-0.15, -0.1) is 0 Å². The summed E-state index contributed by atoms with van der Waals surface area (Å²) in [6, 6.07) is 27.6. The van der Waals surface area contributed by atoms with Gasteiger partial charge in [-0.25, -0.2) is 4.98 Å². The van der Waals surface area contributed by atoms with Crippen LogP contribution >= 0.6 is 15.9 Å². The average Bonchev–Trinajstić information content (AvgIpc) is 3.07. The van der Waals surface area contributed by atoms with E-state index in [2.05, 4.69) is 113 Å². The molecule has 4 heteroatoms. The molecule has 0 spiro atoms. The zero-order valence-corrected chi connectivity index (χ0v) is 19.4. The van der Waals surface area contributed by atoms with Gasteiger partial charge in [-0.1, -0.05) is 67.0 Å². The first-order valence-electron chi connectivity index (χ1n) is 10.4. The third-order valence-corrected chi connectivity index (χ3v) is 6.12. The Kier molecular flexibility index (Phi) is 4.82. The van der Waals surface area contributed by atoms with Crippen LogP contribution in [-0.4, -0.2) is 9.55 Å². The van der Waals surface area contributed by atoms with E-state index in [1.165, 1.54) is 16.3 Å². The molecule has 0 amide bonds. The number of para-hydroxylation sites is 1. The van der Waals surface area contributed by atoms with E-state index in [1.807, 2.05) is 18.3 Å². The molecule has 0 atom stereocenters. The van der Waals surface area contributed by atoms with Crippen LogP contribution in [0.15, 0.2) is 89.5 Å². The molecular formula is C27H24BrN3. The largest absolute Gasteiger partial charge is 0.355 e. The van der Waals surface area contributed by atoms with Gasteiger partial charge in [0, 0.05) is 32.8 Å². The van der Waals surface area contributed by atoms with E-state index in [-0.39, 0.29) is 5.41 Å². The molecule has 5 rings (SSSR count). The minimum atomic E-state index is 0.0594. The molecule has 2 heterocycles. The van der Waals surface area contributed by atoms with E-state index >= 15 is 0 Å². The van der Waals surface area contributed by atoms with E-state index in [1.54, 1.807) is 0 Å². The minimum absolute atomic E-state index is 0.0594. The van der Waals surface area contributed by atoms with E-state index in [4.69, 9.17) is 4.98 Å². The van der Waals surface area contributed by atoms with Crippen LogP contribution < -0.4 is 5.32 Å². The van der Waals surface area contributed by atoms with E-state index in [9.17, 15) is 0 Å². The number of fused-ring (bicyclic) bond motifs is 3. The average molecular weight is 470 g/mol. The van der Waals surface area contributed by atoms with Gasteiger partial charge in [0.25, 0.3) is 0 Å². The molecule has 0 unspecified atom stereocenters. The number of rotatable bonds is 3. The highest BCUT2D eigenvalue weighted by Crippen LogP contribution is 2.34. The number of hydrogen-bond acceptors (Lipinski definition) is 2. The SMILES string of the molecule is CC(C)(C)c1ccnc(-n2c3ccccc3c3ccc(Nc4cccc(Br)c4)cc32)c1. The minimum Gasteiger partial charge on any atom is -0.355 e. The normalized spacial score (nSPS) is 11.9. The molecule has 154 valence electrons. The Bertz CT molecular complexity index is 1410. The predicted octanol–water partition coefficient (Wildman–Crippen LogP) is 7.98. The van der Waals surface area contributed by atoms with Crippen molar-refractivity contribution in [3.05, 3.63) is 95.1 Å². The number of nitrogens with zero attached hydrogens (tertiary/aromatic N) is 2. The van der Waals surface area contributed by atoms with Crippen molar-refractivity contribution in [3.63, 3.8) is 0 Å². The highest BCUT2D eigenvalue weighted by atomic mass is 79.9. The molecule has 0 aliphatic carbocycles. The van der Waals surface area contributed by atoms with Crippen molar-refractivity contribution in [1.29, 1.82) is 0 Å². The third-order valence-electron chi connectivity index (χ3n) is 5.63. The second-order valence-electron chi connectivity index (χ2n) is 8.87. The van der Waals surface area contributed by atoms with Crippen LogP contribution in [0, 0.1) is 0 Å². The zero-order chi connectivity index (χ0) is 21.6. The van der Waals surface area contributed by atoms with Gasteiger partial charge in [0.2, 0.25) is 0 Å². The van der Waals surface area contributed by atoms with Gasteiger partial charge < -0.3 is 5.32 Å². The van der Waals surface area contributed by atoms with Gasteiger partial charge in [0.15, 0.2) is 0 Å². The number of anilines is 2. The van der Waals surface area contributed by atoms with Gasteiger partial charge in [-0.2, -0.15) is 0 Å². The zero-order valence-electron chi connectivity index (χ0n) is 17.9. The molecule has 0 bridgehead atoms. The summed E-state index contributed by atoms with van der Waals surface area (Å²) in [5.74, 6) is 0.943. The standard InChI is InChI=1S/C27H24BrN3/c1-27(2,3)18-13-14-29-26(15-18)31-24-10-5-4-9-22(24)23-12-11-21(17-25(23)31)30-20-8-6-7-19(28)16-20/h4-17,30H,1-3H3. The van der Waals surface area contributed by atoms with Crippen LogP contribution in [0.1, 0.15) is 26.3 Å². The molecule has 3 nitrogen and oxygen atoms in total. The molecule has 0 aliphatic heterocycles. The van der Waals surface area contributed by atoms with Crippen molar-refractivity contribution in [2.24, 2.45) is 0 Å². The van der Waals surface area contributed by atoms with E-state index in [0.717, 1.165) is 32.7 Å². The summed E-state index contributed by atoms with van der Waals surface area (Å²) in [6.45, 7) is 6.70. The molecule has 0 fully saturated rings. The van der Waals surface area contributed by atoms with Gasteiger partial charge in [0.05, 0.1) is 11.0 Å². The first kappa shape index (κ1) is 19.8. The molecule has 0 aliphatic rings. The Balaban J connectivity index is 1.72. The molecule has 2 aromatic heterocycles. The molecule has 31 heavy (non-hydrogen) atoms. The van der Waals surface area contributed by atoms with Gasteiger partial charge in [-0.05, 0) is 59.5 Å². The van der Waals surface area contributed by atoms with Crippen LogP contribution in [0.3, 0.4) is 0 Å². The lowest BCUT2D eigenvalue weighted by molar-refractivity contribution is 0.588. The van der Waals surface area contributed by atoms with E-state index in [0.29, 0.717) is 0 Å². The van der Waals surface area contributed by atoms with Crippen LogP contribution in [0.25, 0.3) is 27.6 Å². The fourth-order valence-corrected chi connectivity index (χ4v) is 4.43. The quantitative estimate of drug-likeness (QED) is 0.290. The molecule has 3 aromatic carbocycles. The highest BCUT2D eigenvalue weighted by Gasteiger charge is 2.17. The second kappa shape index (κ2) is 7.54. The van der Waals surface area contributed by atoms with Gasteiger partial charge in [0.1, 0.15) is 5.82 Å². The molecule has 5 aromatic rings. The molecule has 0 saturated heterocycles. The number of aromatic nitrogens is 2. The number of hydrogen-bond donors (Lipinski definition) is 1. The second-order valence-corrected chi connectivity index (χ2v) is 9.79. The summed E-state index contributed by atoms with van der Waals surface area (Å²) in [6.07, 6.45) is 1.92. The first-order valence-corrected chi connectivity index (χ1v) is 11.2. The predicted molar refractivity (Wildman–Crippen MR) is 135 cm³/mol. The maximum atomic E-state index is 4.76. The number of benzene rings is 3. The maximum absolute atomic E-state index is 4.76. The van der Waals surface area contributed by atoms with Gasteiger partial charge >= 0.3 is 0 Å². The Morgan fingerprint density at radius 3 is 2.35 bits per heavy atom. The van der Waals surface area contributed by atoms with Crippen molar-refractivity contribution >= 4 is 49.1 Å². The number of nitrogens with one attached hydrogen (secondary N) is 1. The lowest BCUT2D eigenvalue weighted by atomic mass is 9.88. The Labute approximate surface area is 190 Å². The van der Waals surface area contributed by atoms with Crippen LogP contribution in [0.4, 0.5) is 11.4 Å². The Morgan fingerprint density at radius 1 is 0.774 bits per heavy atom. The molecular weight excluding hydrogens is 446 g/mol. The van der Waals surface area contributed by atoms with Crippen LogP contribution in [-0.2, 0) is 5.41 Å². The van der Waals surface area contributed by atoms with E-state index < -0.39 is 0 Å². The van der Waals surface area contributed by atoms with Crippen molar-refractivity contribution in [2.75, 3.05) is 5.32 Å². The summed E-state index contributed by atoms with van der Waals surface area (Å²) in [7, 11) is 0. The fourth-order valence-electron chi connectivity index (χ4n) is 4.04. The Hall–Kier alpha value is -3.11. The van der Waals surface area contributed by atoms with Crippen LogP contribution in [0.5, 0.6) is 0 Å². The number of halogens is 1. The molecule has 0 saturated carbocycles. The number of pyridine rings is 1. The summed E-state index contributed by atoms with van der Waals surface area (Å²) >= 11 is 3.55.